The van der Waals surface area contributed by atoms with E-state index in [0.29, 0.717) is 18.5 Å². The second-order valence-electron chi connectivity index (χ2n) is 7.52. The summed E-state index contributed by atoms with van der Waals surface area (Å²) in [4.78, 5) is 26.5. The molecule has 2 amide bonds. The highest BCUT2D eigenvalue weighted by atomic mass is 19.1. The molecule has 0 bridgehead atoms. The van der Waals surface area contributed by atoms with Gasteiger partial charge >= 0.3 is 0 Å². The number of carbonyl (C=O) groups is 2. The molecule has 2 aliphatic carbocycles. The van der Waals surface area contributed by atoms with Crippen LogP contribution in [0.3, 0.4) is 0 Å². The molecule has 0 spiro atoms. The van der Waals surface area contributed by atoms with Gasteiger partial charge in [0.1, 0.15) is 11.6 Å². The lowest BCUT2D eigenvalue weighted by atomic mass is 9.96. The molecule has 3 atom stereocenters. The lowest BCUT2D eigenvalue weighted by molar-refractivity contribution is -0.136. The van der Waals surface area contributed by atoms with Gasteiger partial charge < -0.3 is 10.2 Å². The Morgan fingerprint density at radius 3 is 2.64 bits per heavy atom. The molecule has 1 saturated heterocycles. The van der Waals surface area contributed by atoms with Crippen LogP contribution in [0.2, 0.25) is 0 Å². The number of nitrogens with one attached hydrogen (secondary N) is 1. The second kappa shape index (κ2) is 6.39. The number of hydrogen-bond acceptors (Lipinski definition) is 2. The molecule has 0 radical (unpaired) electrons. The summed E-state index contributed by atoms with van der Waals surface area (Å²) in [5.41, 5.74) is 0.459. The zero-order valence-electron chi connectivity index (χ0n) is 14.0. The van der Waals surface area contributed by atoms with Crippen LogP contribution in [0.15, 0.2) is 18.2 Å². The van der Waals surface area contributed by atoms with Crippen LogP contribution in [0.25, 0.3) is 0 Å². The normalized spacial score (nSPS) is 28.6. The molecule has 1 aliphatic heterocycles. The quantitative estimate of drug-likeness (QED) is 0.909. The van der Waals surface area contributed by atoms with Crippen molar-refractivity contribution in [1.82, 2.24) is 10.2 Å². The van der Waals surface area contributed by atoms with E-state index in [-0.39, 0.29) is 35.6 Å². The molecule has 134 valence electrons. The Hall–Kier alpha value is -1.98. The Kier molecular flexibility index (Phi) is 4.21. The fourth-order valence-electron chi connectivity index (χ4n) is 3.78. The van der Waals surface area contributed by atoms with Crippen molar-refractivity contribution in [2.45, 2.75) is 44.1 Å². The van der Waals surface area contributed by atoms with Crippen LogP contribution < -0.4 is 5.32 Å². The van der Waals surface area contributed by atoms with E-state index in [2.05, 4.69) is 5.32 Å². The number of nitrogens with zero attached hydrogens (tertiary/aromatic N) is 1. The topological polar surface area (TPSA) is 49.4 Å². The number of halogens is 2. The summed E-state index contributed by atoms with van der Waals surface area (Å²) in [6, 6.07) is 3.49. The molecule has 2 saturated carbocycles. The molecular weight excluding hydrogens is 326 g/mol. The first-order valence-corrected chi connectivity index (χ1v) is 9.07. The maximum atomic E-state index is 13.8. The van der Waals surface area contributed by atoms with Gasteiger partial charge in [-0.3, -0.25) is 9.59 Å². The van der Waals surface area contributed by atoms with E-state index in [4.69, 9.17) is 0 Å². The maximum Gasteiger partial charge on any atom is 0.225 e. The van der Waals surface area contributed by atoms with E-state index in [0.717, 1.165) is 38.3 Å². The van der Waals surface area contributed by atoms with Crippen LogP contribution in [0, 0.1) is 23.5 Å². The van der Waals surface area contributed by atoms with E-state index < -0.39 is 11.6 Å². The third-order valence-electron chi connectivity index (χ3n) is 5.51. The molecule has 1 aromatic rings. The zero-order chi connectivity index (χ0) is 17.6. The Morgan fingerprint density at radius 1 is 1.12 bits per heavy atom. The van der Waals surface area contributed by atoms with E-state index in [1.807, 2.05) is 4.90 Å². The fourth-order valence-corrected chi connectivity index (χ4v) is 3.78. The van der Waals surface area contributed by atoms with E-state index in [9.17, 15) is 18.4 Å². The lowest BCUT2D eigenvalue weighted by Crippen LogP contribution is -2.46. The molecule has 1 heterocycles. The minimum atomic E-state index is -0.592. The van der Waals surface area contributed by atoms with Crippen LogP contribution in [0.1, 0.15) is 43.6 Å². The van der Waals surface area contributed by atoms with Gasteiger partial charge in [0.25, 0.3) is 0 Å². The largest absolute Gasteiger partial charge is 0.352 e. The van der Waals surface area contributed by atoms with Crippen molar-refractivity contribution in [3.8, 4) is 0 Å². The number of hydrogen-bond donors (Lipinski definition) is 1. The number of carbonyl (C=O) groups excluding carboxylic acids is 2. The third kappa shape index (κ3) is 3.53. The van der Waals surface area contributed by atoms with Gasteiger partial charge in [0.05, 0.1) is 5.92 Å². The fraction of sp³-hybridized carbons (Fsp3) is 0.579. The summed E-state index contributed by atoms with van der Waals surface area (Å²) < 4.78 is 26.8. The number of amides is 2. The summed E-state index contributed by atoms with van der Waals surface area (Å²) in [6.45, 7) is 1.23. The summed E-state index contributed by atoms with van der Waals surface area (Å²) >= 11 is 0. The number of benzene rings is 1. The van der Waals surface area contributed by atoms with E-state index in [1.54, 1.807) is 0 Å². The molecule has 3 aliphatic rings. The molecule has 0 aromatic heterocycles. The molecule has 4 nitrogen and oxygen atoms in total. The smallest absolute Gasteiger partial charge is 0.225 e. The van der Waals surface area contributed by atoms with Crippen molar-refractivity contribution >= 4 is 11.8 Å². The molecule has 6 heteroatoms. The standard InChI is InChI=1S/C19H22F2N2O2/c20-13-5-6-14(16(21)8-13)15-9-17(15)22-18(24)12-2-1-7-23(10-12)19(25)11-3-4-11/h5-6,8,11-12,15,17H,1-4,7,9-10H2,(H,22,24)/t12-,15-,17+/m0/s1. The summed E-state index contributed by atoms with van der Waals surface area (Å²) in [6.07, 6.45) is 4.24. The van der Waals surface area contributed by atoms with E-state index in [1.165, 1.54) is 12.1 Å². The van der Waals surface area contributed by atoms with Gasteiger partial charge in [-0.25, -0.2) is 8.78 Å². The highest BCUT2D eigenvalue weighted by molar-refractivity contribution is 5.83. The Morgan fingerprint density at radius 2 is 1.92 bits per heavy atom. The third-order valence-corrected chi connectivity index (χ3v) is 5.51. The molecule has 0 unspecified atom stereocenters. The van der Waals surface area contributed by atoms with Crippen LogP contribution >= 0.6 is 0 Å². The van der Waals surface area contributed by atoms with Crippen LogP contribution in [0.4, 0.5) is 8.78 Å². The average Bonchev–Trinajstić information content (AvgIpc) is 3.49. The summed E-state index contributed by atoms with van der Waals surface area (Å²) in [5.74, 6) is -1.10. The summed E-state index contributed by atoms with van der Waals surface area (Å²) in [5, 5.41) is 2.98. The van der Waals surface area contributed by atoms with Crippen molar-refractivity contribution < 1.29 is 18.4 Å². The Labute approximate surface area is 145 Å². The van der Waals surface area contributed by atoms with E-state index >= 15 is 0 Å². The molecule has 4 rings (SSSR count). The number of piperidine rings is 1. The second-order valence-corrected chi connectivity index (χ2v) is 7.52. The first-order chi connectivity index (χ1) is 12.0. The first kappa shape index (κ1) is 16.5. The molecular formula is C19H22F2N2O2. The van der Waals surface area contributed by atoms with Crippen LogP contribution in [0.5, 0.6) is 0 Å². The van der Waals surface area contributed by atoms with Crippen LogP contribution in [-0.2, 0) is 9.59 Å². The van der Waals surface area contributed by atoms with Crippen molar-refractivity contribution in [2.24, 2.45) is 11.8 Å². The average molecular weight is 348 g/mol. The highest BCUT2D eigenvalue weighted by Crippen LogP contribution is 2.42. The molecule has 1 N–H and O–H groups in total. The molecule has 25 heavy (non-hydrogen) atoms. The van der Waals surface area contributed by atoms with Gasteiger partial charge in [-0.05, 0) is 43.7 Å². The van der Waals surface area contributed by atoms with Gasteiger partial charge in [0, 0.05) is 37.0 Å². The maximum absolute atomic E-state index is 13.8. The summed E-state index contributed by atoms with van der Waals surface area (Å²) in [7, 11) is 0. The highest BCUT2D eigenvalue weighted by Gasteiger charge is 2.43. The zero-order valence-corrected chi connectivity index (χ0v) is 14.0. The van der Waals surface area contributed by atoms with Gasteiger partial charge in [-0.2, -0.15) is 0 Å². The predicted molar refractivity (Wildman–Crippen MR) is 87.7 cm³/mol. The predicted octanol–water partition coefficient (Wildman–Crippen LogP) is 2.59. The van der Waals surface area contributed by atoms with Gasteiger partial charge in [-0.15, -0.1) is 0 Å². The van der Waals surface area contributed by atoms with Crippen molar-refractivity contribution in [3.63, 3.8) is 0 Å². The van der Waals surface area contributed by atoms with Gasteiger partial charge in [-0.1, -0.05) is 6.07 Å². The van der Waals surface area contributed by atoms with Crippen molar-refractivity contribution in [2.75, 3.05) is 13.1 Å². The minimum Gasteiger partial charge on any atom is -0.352 e. The first-order valence-electron chi connectivity index (χ1n) is 9.07. The SMILES string of the molecule is O=C(N[C@@H]1C[C@H]1c1ccc(F)cc1F)[C@H]1CCCN(C(=O)C2CC2)C1. The number of likely N-dealkylation sites (tertiary alicyclic amines) is 1. The lowest BCUT2D eigenvalue weighted by Gasteiger charge is -2.32. The number of rotatable bonds is 4. The molecule has 1 aromatic carbocycles. The van der Waals surface area contributed by atoms with Crippen molar-refractivity contribution in [1.29, 1.82) is 0 Å². The van der Waals surface area contributed by atoms with Gasteiger partial charge in [0.2, 0.25) is 11.8 Å². The minimum absolute atomic E-state index is 0.0525. The van der Waals surface area contributed by atoms with Gasteiger partial charge in [0.15, 0.2) is 0 Å². The van der Waals surface area contributed by atoms with Crippen LogP contribution in [-0.4, -0.2) is 35.8 Å². The Bertz CT molecular complexity index is 705. The molecule has 3 fully saturated rings. The van der Waals surface area contributed by atoms with Crippen molar-refractivity contribution in [3.05, 3.63) is 35.4 Å². The monoisotopic (exact) mass is 348 g/mol. The Balaban J connectivity index is 1.32.